The van der Waals surface area contributed by atoms with Gasteiger partial charge >= 0.3 is 0 Å². The summed E-state index contributed by atoms with van der Waals surface area (Å²) >= 11 is 0. The van der Waals surface area contributed by atoms with Crippen LogP contribution < -0.4 is 5.73 Å². The van der Waals surface area contributed by atoms with Crippen LogP contribution in [0, 0.1) is 0 Å². The molecular formula is C10H12N2O. The van der Waals surface area contributed by atoms with E-state index in [0.29, 0.717) is 12.8 Å². The highest BCUT2D eigenvalue weighted by Gasteiger charge is 1.97. The van der Waals surface area contributed by atoms with Crippen LogP contribution in [0.2, 0.25) is 0 Å². The number of pyridine rings is 1. The predicted octanol–water partition coefficient (Wildman–Crippen LogP) is 1.14. The topological polar surface area (TPSA) is 56.0 Å². The summed E-state index contributed by atoms with van der Waals surface area (Å²) in [5.74, 6) is -0.281. The van der Waals surface area contributed by atoms with Crippen LogP contribution in [-0.2, 0) is 11.2 Å². The third-order valence-corrected chi connectivity index (χ3v) is 1.71. The number of hydrogen-bond acceptors (Lipinski definition) is 2. The Bertz CT molecular complexity index is 320. The van der Waals surface area contributed by atoms with E-state index in [4.69, 9.17) is 5.73 Å². The molecule has 1 amide bonds. The van der Waals surface area contributed by atoms with Crippen LogP contribution in [-0.4, -0.2) is 10.9 Å². The number of carbonyl (C=O) groups is 1. The van der Waals surface area contributed by atoms with E-state index >= 15 is 0 Å². The van der Waals surface area contributed by atoms with Gasteiger partial charge in [-0.15, -0.1) is 0 Å². The van der Waals surface area contributed by atoms with Crippen molar-refractivity contribution in [2.45, 2.75) is 12.8 Å². The van der Waals surface area contributed by atoms with Gasteiger partial charge in [-0.25, -0.2) is 0 Å². The summed E-state index contributed by atoms with van der Waals surface area (Å²) in [5.41, 5.74) is 6.92. The average Bonchev–Trinajstić information content (AvgIpc) is 2.15. The number of carbonyl (C=O) groups excluding carboxylic acids is 1. The highest BCUT2D eigenvalue weighted by molar-refractivity contribution is 5.74. The summed E-state index contributed by atoms with van der Waals surface area (Å²) in [5, 5.41) is 0. The molecule has 0 aromatic carbocycles. The number of aryl methyl sites for hydroxylation is 1. The van der Waals surface area contributed by atoms with Crippen molar-refractivity contribution in [2.24, 2.45) is 5.73 Å². The Kier molecular flexibility index (Phi) is 3.20. The largest absolute Gasteiger partial charge is 0.370 e. The van der Waals surface area contributed by atoms with Crippen molar-refractivity contribution in [2.75, 3.05) is 0 Å². The van der Waals surface area contributed by atoms with Crippen LogP contribution in [0.5, 0.6) is 0 Å². The minimum Gasteiger partial charge on any atom is -0.370 e. The smallest absolute Gasteiger partial charge is 0.217 e. The van der Waals surface area contributed by atoms with E-state index < -0.39 is 0 Å². The van der Waals surface area contributed by atoms with Crippen molar-refractivity contribution in [1.82, 2.24) is 4.98 Å². The number of nitrogens with two attached hydrogens (primary N) is 1. The maximum atomic E-state index is 10.5. The summed E-state index contributed by atoms with van der Waals surface area (Å²) in [6.07, 6.45) is 4.42. The second-order valence-electron chi connectivity index (χ2n) is 2.76. The molecule has 0 bridgehead atoms. The summed E-state index contributed by atoms with van der Waals surface area (Å²) in [7, 11) is 0. The van der Waals surface area contributed by atoms with Gasteiger partial charge in [0.2, 0.25) is 5.91 Å². The summed E-state index contributed by atoms with van der Waals surface area (Å²) in [4.78, 5) is 14.6. The van der Waals surface area contributed by atoms with Crippen LogP contribution in [0.3, 0.4) is 0 Å². The van der Waals surface area contributed by atoms with E-state index in [2.05, 4.69) is 11.6 Å². The monoisotopic (exact) mass is 176 g/mol. The Balaban J connectivity index is 2.66. The lowest BCUT2D eigenvalue weighted by Crippen LogP contribution is -2.11. The molecule has 68 valence electrons. The van der Waals surface area contributed by atoms with Gasteiger partial charge in [0.25, 0.3) is 0 Å². The van der Waals surface area contributed by atoms with Gasteiger partial charge in [0.05, 0.1) is 5.69 Å². The van der Waals surface area contributed by atoms with E-state index in [9.17, 15) is 4.79 Å². The molecular weight excluding hydrogens is 164 g/mol. The van der Waals surface area contributed by atoms with Gasteiger partial charge in [-0.1, -0.05) is 6.58 Å². The van der Waals surface area contributed by atoms with E-state index in [1.807, 2.05) is 12.1 Å². The molecule has 0 spiro atoms. The zero-order valence-corrected chi connectivity index (χ0v) is 7.36. The second kappa shape index (κ2) is 4.40. The van der Waals surface area contributed by atoms with Gasteiger partial charge in [0.15, 0.2) is 0 Å². The van der Waals surface area contributed by atoms with Crippen molar-refractivity contribution >= 4 is 12.0 Å². The molecule has 3 nitrogen and oxygen atoms in total. The zero-order chi connectivity index (χ0) is 9.68. The second-order valence-corrected chi connectivity index (χ2v) is 2.76. The lowest BCUT2D eigenvalue weighted by atomic mass is 10.1. The quantitative estimate of drug-likeness (QED) is 0.748. The predicted molar refractivity (Wildman–Crippen MR) is 51.8 cm³/mol. The molecule has 0 aliphatic rings. The first kappa shape index (κ1) is 9.45. The first-order valence-electron chi connectivity index (χ1n) is 4.08. The molecule has 0 fully saturated rings. The third-order valence-electron chi connectivity index (χ3n) is 1.71. The first-order valence-corrected chi connectivity index (χ1v) is 4.08. The summed E-state index contributed by atoms with van der Waals surface area (Å²) in [6, 6.07) is 3.77. The van der Waals surface area contributed by atoms with E-state index in [1.165, 1.54) is 0 Å². The molecule has 0 aliphatic heterocycles. The Morgan fingerprint density at radius 2 is 2.46 bits per heavy atom. The molecule has 0 saturated heterocycles. The average molecular weight is 176 g/mol. The molecule has 0 atom stereocenters. The van der Waals surface area contributed by atoms with Crippen molar-refractivity contribution < 1.29 is 4.79 Å². The fourth-order valence-electron chi connectivity index (χ4n) is 1.03. The molecule has 13 heavy (non-hydrogen) atoms. The van der Waals surface area contributed by atoms with Gasteiger partial charge in [0.1, 0.15) is 0 Å². The number of primary amides is 1. The fourth-order valence-corrected chi connectivity index (χ4v) is 1.03. The lowest BCUT2D eigenvalue weighted by Gasteiger charge is -1.99. The highest BCUT2D eigenvalue weighted by Crippen LogP contribution is 2.05. The van der Waals surface area contributed by atoms with Crippen LogP contribution in [0.25, 0.3) is 6.08 Å². The normalized spacial score (nSPS) is 9.54. The molecule has 1 aromatic rings. The minimum absolute atomic E-state index is 0.281. The molecule has 0 radical (unpaired) electrons. The van der Waals surface area contributed by atoms with Gasteiger partial charge < -0.3 is 5.73 Å². The molecule has 1 aromatic heterocycles. The van der Waals surface area contributed by atoms with Gasteiger partial charge in [0, 0.05) is 12.6 Å². The number of aromatic nitrogens is 1. The highest BCUT2D eigenvalue weighted by atomic mass is 16.1. The van der Waals surface area contributed by atoms with Crippen molar-refractivity contribution in [1.29, 1.82) is 0 Å². The summed E-state index contributed by atoms with van der Waals surface area (Å²) in [6.45, 7) is 3.61. The van der Waals surface area contributed by atoms with E-state index in [1.54, 1.807) is 12.3 Å². The molecule has 0 aliphatic carbocycles. The molecule has 3 heteroatoms. The molecule has 0 unspecified atom stereocenters. The standard InChI is InChI=1S/C10H12N2O/c1-2-9-7-8(5-6-12-9)3-4-10(11)13/h2,5-7H,1,3-4H2,(H2,11,13). The Labute approximate surface area is 77.3 Å². The van der Waals surface area contributed by atoms with Crippen LogP contribution >= 0.6 is 0 Å². The van der Waals surface area contributed by atoms with Gasteiger partial charge in [-0.2, -0.15) is 0 Å². The zero-order valence-electron chi connectivity index (χ0n) is 7.36. The number of hydrogen-bond donors (Lipinski definition) is 1. The van der Waals surface area contributed by atoms with Crippen LogP contribution in [0.1, 0.15) is 17.7 Å². The van der Waals surface area contributed by atoms with Crippen molar-refractivity contribution in [3.63, 3.8) is 0 Å². The van der Waals surface area contributed by atoms with Gasteiger partial charge in [-0.3, -0.25) is 9.78 Å². The maximum Gasteiger partial charge on any atom is 0.217 e. The number of rotatable bonds is 4. The van der Waals surface area contributed by atoms with Crippen LogP contribution in [0.15, 0.2) is 24.9 Å². The van der Waals surface area contributed by atoms with Crippen molar-refractivity contribution in [3.05, 3.63) is 36.2 Å². The first-order chi connectivity index (χ1) is 6.22. The van der Waals surface area contributed by atoms with Gasteiger partial charge in [-0.05, 0) is 30.2 Å². The molecule has 1 heterocycles. The van der Waals surface area contributed by atoms with E-state index in [-0.39, 0.29) is 5.91 Å². The lowest BCUT2D eigenvalue weighted by molar-refractivity contribution is -0.117. The Morgan fingerprint density at radius 3 is 3.08 bits per heavy atom. The third kappa shape index (κ3) is 3.07. The molecule has 2 N–H and O–H groups in total. The minimum atomic E-state index is -0.281. The molecule has 0 saturated carbocycles. The Morgan fingerprint density at radius 1 is 1.69 bits per heavy atom. The summed E-state index contributed by atoms with van der Waals surface area (Å²) < 4.78 is 0. The van der Waals surface area contributed by atoms with Crippen LogP contribution in [0.4, 0.5) is 0 Å². The Hall–Kier alpha value is -1.64. The number of amides is 1. The van der Waals surface area contributed by atoms with E-state index in [0.717, 1.165) is 11.3 Å². The number of nitrogens with zero attached hydrogens (tertiary/aromatic N) is 1. The maximum absolute atomic E-state index is 10.5. The fraction of sp³-hybridized carbons (Fsp3) is 0.200. The van der Waals surface area contributed by atoms with Crippen molar-refractivity contribution in [3.8, 4) is 0 Å². The molecule has 1 rings (SSSR count). The SMILES string of the molecule is C=Cc1cc(CCC(N)=O)ccn1.